The van der Waals surface area contributed by atoms with Crippen molar-refractivity contribution < 1.29 is 22.8 Å². The number of rotatable bonds is 4. The van der Waals surface area contributed by atoms with E-state index in [4.69, 9.17) is 11.6 Å². The molecule has 1 aliphatic heterocycles. The van der Waals surface area contributed by atoms with E-state index in [-0.39, 0.29) is 11.6 Å². The summed E-state index contributed by atoms with van der Waals surface area (Å²) in [5.74, 6) is -2.01. The molecule has 136 valence electrons. The van der Waals surface area contributed by atoms with Gasteiger partial charge in [0.15, 0.2) is 0 Å². The van der Waals surface area contributed by atoms with E-state index in [1.165, 1.54) is 0 Å². The van der Waals surface area contributed by atoms with Crippen molar-refractivity contribution in [1.29, 1.82) is 0 Å². The molecule has 1 saturated heterocycles. The van der Waals surface area contributed by atoms with Gasteiger partial charge >= 0.3 is 12.2 Å². The van der Waals surface area contributed by atoms with Crippen molar-refractivity contribution in [2.24, 2.45) is 0 Å². The number of hydrogen-bond donors (Lipinski definition) is 2. The number of anilines is 1. The molecule has 0 aliphatic carbocycles. The van der Waals surface area contributed by atoms with Gasteiger partial charge in [0, 0.05) is 0 Å². The Hall–Kier alpha value is -2.88. The Balaban J connectivity index is 1.94. The molecule has 1 aromatic heterocycles. The summed E-state index contributed by atoms with van der Waals surface area (Å²) >= 11 is 5.60. The van der Waals surface area contributed by atoms with E-state index in [1.54, 1.807) is 35.6 Å². The van der Waals surface area contributed by atoms with Gasteiger partial charge in [0.2, 0.25) is 5.95 Å². The molecule has 11 heteroatoms. The van der Waals surface area contributed by atoms with Crippen molar-refractivity contribution >= 4 is 29.5 Å². The first-order chi connectivity index (χ1) is 12.2. The summed E-state index contributed by atoms with van der Waals surface area (Å²) < 4.78 is 41.1. The number of amides is 3. The molecule has 26 heavy (non-hydrogen) atoms. The number of hydrogen-bond acceptors (Lipinski definition) is 5. The Morgan fingerprint density at radius 3 is 2.35 bits per heavy atom. The molecule has 7 nitrogen and oxygen atoms in total. The van der Waals surface area contributed by atoms with Crippen LogP contribution in [0.15, 0.2) is 42.7 Å². The van der Waals surface area contributed by atoms with Crippen LogP contribution in [0, 0.1) is 0 Å². The third kappa shape index (κ3) is 3.15. The van der Waals surface area contributed by atoms with E-state index in [2.05, 4.69) is 9.97 Å². The molecule has 2 N–H and O–H groups in total. The molecule has 2 aromatic rings. The molecule has 1 unspecified atom stereocenters. The molecule has 3 amide bonds. The molecule has 0 bridgehead atoms. The van der Waals surface area contributed by atoms with Gasteiger partial charge in [-0.25, -0.2) is 14.8 Å². The summed E-state index contributed by atoms with van der Waals surface area (Å²) in [5.41, 5.74) is -2.87. The number of halogens is 4. The molecular weight excluding hydrogens is 375 g/mol. The monoisotopic (exact) mass is 385 g/mol. The highest BCUT2D eigenvalue weighted by Gasteiger charge is 2.68. The Morgan fingerprint density at radius 2 is 1.77 bits per heavy atom. The zero-order valence-electron chi connectivity index (χ0n) is 12.9. The van der Waals surface area contributed by atoms with Crippen molar-refractivity contribution in [2.75, 3.05) is 5.32 Å². The van der Waals surface area contributed by atoms with Crippen LogP contribution in [0.3, 0.4) is 0 Å². The number of benzene rings is 1. The number of nitrogens with one attached hydrogen (secondary N) is 2. The van der Waals surface area contributed by atoms with E-state index in [9.17, 15) is 22.8 Å². The molecule has 1 atom stereocenters. The van der Waals surface area contributed by atoms with Gasteiger partial charge in [0.05, 0.1) is 24.0 Å². The molecule has 1 aliphatic rings. The number of carbonyl (C=O) groups is 2. The number of aromatic nitrogens is 2. The molecule has 0 saturated carbocycles. The summed E-state index contributed by atoms with van der Waals surface area (Å²) in [6.45, 7) is -0.313. The van der Waals surface area contributed by atoms with E-state index in [1.807, 2.05) is 5.32 Å². The standard InChI is InChI=1S/C15H11ClF3N5O2/c16-10-6-20-12(21-7-10)22-14(15(17,18)19)11(25)24(13(26)23-14)8-9-4-2-1-3-5-9/h1-7H,8H2,(H,23,26)(H,20,21,22). The van der Waals surface area contributed by atoms with E-state index >= 15 is 0 Å². The molecule has 2 heterocycles. The van der Waals surface area contributed by atoms with Crippen LogP contribution >= 0.6 is 11.6 Å². The van der Waals surface area contributed by atoms with Gasteiger partial charge in [0.1, 0.15) is 0 Å². The maximum atomic E-state index is 13.7. The van der Waals surface area contributed by atoms with Crippen molar-refractivity contribution in [3.63, 3.8) is 0 Å². The first-order valence-electron chi connectivity index (χ1n) is 7.23. The Kier molecular flexibility index (Phi) is 4.45. The summed E-state index contributed by atoms with van der Waals surface area (Å²) in [6, 6.07) is 6.98. The highest BCUT2D eigenvalue weighted by Crippen LogP contribution is 2.36. The summed E-state index contributed by atoms with van der Waals surface area (Å²) in [5, 5.41) is 3.67. The Morgan fingerprint density at radius 1 is 1.15 bits per heavy atom. The predicted octanol–water partition coefficient (Wildman–Crippen LogP) is 2.55. The third-order valence-corrected chi connectivity index (χ3v) is 3.83. The lowest BCUT2D eigenvalue weighted by Crippen LogP contribution is -2.64. The van der Waals surface area contributed by atoms with Crippen LogP contribution in [-0.4, -0.2) is 38.6 Å². The fourth-order valence-electron chi connectivity index (χ4n) is 2.38. The van der Waals surface area contributed by atoms with E-state index in [0.29, 0.717) is 10.5 Å². The maximum absolute atomic E-state index is 13.7. The quantitative estimate of drug-likeness (QED) is 0.790. The van der Waals surface area contributed by atoms with Gasteiger partial charge in [-0.15, -0.1) is 0 Å². The lowest BCUT2D eigenvalue weighted by atomic mass is 10.1. The lowest BCUT2D eigenvalue weighted by molar-refractivity contribution is -0.188. The zero-order chi connectivity index (χ0) is 18.9. The van der Waals surface area contributed by atoms with Gasteiger partial charge < -0.3 is 5.32 Å². The number of nitrogens with zero attached hydrogens (tertiary/aromatic N) is 3. The molecule has 0 radical (unpaired) electrons. The highest BCUT2D eigenvalue weighted by molar-refractivity contribution is 6.30. The first kappa shape index (κ1) is 17.9. The fraction of sp³-hybridized carbons (Fsp3) is 0.200. The third-order valence-electron chi connectivity index (χ3n) is 3.63. The van der Waals surface area contributed by atoms with Crippen molar-refractivity contribution in [2.45, 2.75) is 18.4 Å². The van der Waals surface area contributed by atoms with Crippen LogP contribution in [0.25, 0.3) is 0 Å². The normalized spacial score (nSPS) is 20.2. The summed E-state index contributed by atoms with van der Waals surface area (Å²) in [4.78, 5) is 32.3. The molecule has 1 aromatic carbocycles. The van der Waals surface area contributed by atoms with Gasteiger partial charge in [-0.2, -0.15) is 13.2 Å². The topological polar surface area (TPSA) is 87.2 Å². The summed E-state index contributed by atoms with van der Waals surface area (Å²) in [7, 11) is 0. The number of carbonyl (C=O) groups excluding carboxylic acids is 2. The maximum Gasteiger partial charge on any atom is 0.440 e. The van der Waals surface area contributed by atoms with Crippen molar-refractivity contribution in [3.8, 4) is 0 Å². The molecule has 0 spiro atoms. The average molecular weight is 386 g/mol. The van der Waals surface area contributed by atoms with Crippen LogP contribution in [0.5, 0.6) is 0 Å². The molecule has 1 fully saturated rings. The number of imide groups is 1. The minimum Gasteiger partial charge on any atom is -0.316 e. The lowest BCUT2D eigenvalue weighted by Gasteiger charge is -2.29. The minimum atomic E-state index is -5.14. The average Bonchev–Trinajstić information content (AvgIpc) is 2.83. The second-order valence-corrected chi connectivity index (χ2v) is 5.84. The predicted molar refractivity (Wildman–Crippen MR) is 85.0 cm³/mol. The Labute approximate surface area is 150 Å². The van der Waals surface area contributed by atoms with Crippen LogP contribution in [0.1, 0.15) is 5.56 Å². The fourth-order valence-corrected chi connectivity index (χ4v) is 2.48. The minimum absolute atomic E-state index is 0.101. The van der Waals surface area contributed by atoms with E-state index < -0.39 is 29.7 Å². The van der Waals surface area contributed by atoms with Crippen LogP contribution in [0.4, 0.5) is 23.9 Å². The van der Waals surface area contributed by atoms with Gasteiger partial charge in [0.25, 0.3) is 11.6 Å². The largest absolute Gasteiger partial charge is 0.440 e. The highest BCUT2D eigenvalue weighted by atomic mass is 35.5. The van der Waals surface area contributed by atoms with E-state index in [0.717, 1.165) is 12.4 Å². The van der Waals surface area contributed by atoms with Crippen LogP contribution in [0.2, 0.25) is 5.02 Å². The molecule has 3 rings (SSSR count). The van der Waals surface area contributed by atoms with Gasteiger partial charge in [-0.3, -0.25) is 15.0 Å². The van der Waals surface area contributed by atoms with Gasteiger partial charge in [-0.1, -0.05) is 41.9 Å². The zero-order valence-corrected chi connectivity index (χ0v) is 13.7. The van der Waals surface area contributed by atoms with Gasteiger partial charge in [-0.05, 0) is 5.56 Å². The first-order valence-corrected chi connectivity index (χ1v) is 7.61. The SMILES string of the molecule is O=C1NC(Nc2ncc(Cl)cn2)(C(F)(F)F)C(=O)N1Cc1ccccc1. The second kappa shape index (κ2) is 6.45. The Bertz CT molecular complexity index is 831. The van der Waals surface area contributed by atoms with Crippen molar-refractivity contribution in [1.82, 2.24) is 20.2 Å². The smallest absolute Gasteiger partial charge is 0.316 e. The van der Waals surface area contributed by atoms with Crippen molar-refractivity contribution in [3.05, 3.63) is 53.3 Å². The summed E-state index contributed by atoms with van der Waals surface area (Å²) in [6.07, 6.45) is -3.03. The van der Waals surface area contributed by atoms with Crippen LogP contribution in [-0.2, 0) is 11.3 Å². The number of alkyl halides is 3. The van der Waals surface area contributed by atoms with Crippen LogP contribution < -0.4 is 10.6 Å². The second-order valence-electron chi connectivity index (χ2n) is 5.40. The number of urea groups is 1. The molecular formula is C15H11ClF3N5O2.